The van der Waals surface area contributed by atoms with Gasteiger partial charge in [0, 0.05) is 18.8 Å². The first-order chi connectivity index (χ1) is 14.3. The van der Waals surface area contributed by atoms with E-state index in [1.165, 1.54) is 13.3 Å². The van der Waals surface area contributed by atoms with Crippen molar-refractivity contribution in [2.45, 2.75) is 20.1 Å². The SMILES string of the molecule is COc1cc(C(=O)NC(O)C(C)C)ccc1Nc1ncc(Cl)c(-c2ccn(C)n2)n1. The van der Waals surface area contributed by atoms with E-state index in [1.54, 1.807) is 42.2 Å². The fraction of sp³-hybridized carbons (Fsp3) is 0.300. The van der Waals surface area contributed by atoms with E-state index in [0.29, 0.717) is 39.4 Å². The van der Waals surface area contributed by atoms with Gasteiger partial charge < -0.3 is 20.5 Å². The Balaban J connectivity index is 1.84. The maximum Gasteiger partial charge on any atom is 0.253 e. The molecule has 9 nitrogen and oxygen atoms in total. The molecule has 0 radical (unpaired) electrons. The van der Waals surface area contributed by atoms with E-state index in [2.05, 4.69) is 25.7 Å². The largest absolute Gasteiger partial charge is 0.495 e. The van der Waals surface area contributed by atoms with Crippen LogP contribution in [0.25, 0.3) is 11.4 Å². The Labute approximate surface area is 179 Å². The summed E-state index contributed by atoms with van der Waals surface area (Å²) in [5, 5.41) is 20.2. The normalized spacial score (nSPS) is 12.0. The van der Waals surface area contributed by atoms with Gasteiger partial charge in [-0.15, -0.1) is 0 Å². The van der Waals surface area contributed by atoms with E-state index in [1.807, 2.05) is 13.8 Å². The molecule has 2 heterocycles. The Morgan fingerprint density at radius 1 is 1.30 bits per heavy atom. The Bertz CT molecular complexity index is 1050. The highest BCUT2D eigenvalue weighted by atomic mass is 35.5. The number of carbonyl (C=O) groups is 1. The van der Waals surface area contributed by atoms with Crippen molar-refractivity contribution in [1.29, 1.82) is 0 Å². The van der Waals surface area contributed by atoms with Crippen LogP contribution in [-0.4, -0.2) is 44.1 Å². The van der Waals surface area contributed by atoms with Gasteiger partial charge in [0.2, 0.25) is 5.95 Å². The Morgan fingerprint density at radius 2 is 2.07 bits per heavy atom. The predicted molar refractivity (Wildman–Crippen MR) is 114 cm³/mol. The molecule has 0 aliphatic rings. The van der Waals surface area contributed by atoms with Crippen molar-refractivity contribution < 1.29 is 14.6 Å². The lowest BCUT2D eigenvalue weighted by Crippen LogP contribution is -2.38. The maximum absolute atomic E-state index is 12.3. The number of halogens is 1. The molecule has 0 spiro atoms. The Morgan fingerprint density at radius 3 is 2.70 bits per heavy atom. The van der Waals surface area contributed by atoms with Crippen LogP contribution in [0, 0.1) is 5.92 Å². The highest BCUT2D eigenvalue weighted by molar-refractivity contribution is 6.32. The number of benzene rings is 1. The molecule has 1 aromatic carbocycles. The molecule has 1 atom stereocenters. The van der Waals surface area contributed by atoms with E-state index < -0.39 is 12.1 Å². The number of aromatic nitrogens is 4. The number of hydrogen-bond acceptors (Lipinski definition) is 7. The maximum atomic E-state index is 12.3. The summed E-state index contributed by atoms with van der Waals surface area (Å²) >= 11 is 6.23. The molecule has 0 saturated carbocycles. The lowest BCUT2D eigenvalue weighted by atomic mass is 10.1. The molecule has 0 aliphatic carbocycles. The molecule has 0 saturated heterocycles. The van der Waals surface area contributed by atoms with Crippen molar-refractivity contribution in [1.82, 2.24) is 25.1 Å². The first-order valence-electron chi connectivity index (χ1n) is 9.25. The summed E-state index contributed by atoms with van der Waals surface area (Å²) in [4.78, 5) is 21.0. The van der Waals surface area contributed by atoms with Crippen LogP contribution in [0.3, 0.4) is 0 Å². The van der Waals surface area contributed by atoms with Crippen molar-refractivity contribution in [3.63, 3.8) is 0 Å². The van der Waals surface area contributed by atoms with Crippen LogP contribution in [0.15, 0.2) is 36.7 Å². The number of anilines is 2. The monoisotopic (exact) mass is 430 g/mol. The first-order valence-corrected chi connectivity index (χ1v) is 9.63. The quantitative estimate of drug-likeness (QED) is 0.493. The lowest BCUT2D eigenvalue weighted by molar-refractivity contribution is 0.0647. The van der Waals surface area contributed by atoms with E-state index in [4.69, 9.17) is 16.3 Å². The zero-order valence-electron chi connectivity index (χ0n) is 17.0. The summed E-state index contributed by atoms with van der Waals surface area (Å²) in [5.74, 6) is 0.207. The molecule has 0 fully saturated rings. The van der Waals surface area contributed by atoms with Crippen LogP contribution in [0.4, 0.5) is 11.6 Å². The van der Waals surface area contributed by atoms with Crippen molar-refractivity contribution in [3.8, 4) is 17.1 Å². The minimum atomic E-state index is -0.936. The number of hydrogen-bond donors (Lipinski definition) is 3. The number of nitrogens with one attached hydrogen (secondary N) is 2. The standard InChI is InChI=1S/C20H23ClN6O3/c1-11(2)18(28)25-19(29)12-5-6-14(16(9-12)30-4)23-20-22-10-13(21)17(24-20)15-7-8-27(3)26-15/h5-11,18,28H,1-4H3,(H,25,29)(H,22,23,24). The minimum Gasteiger partial charge on any atom is -0.495 e. The average Bonchev–Trinajstić information content (AvgIpc) is 3.15. The number of methoxy groups -OCH3 is 1. The van der Waals surface area contributed by atoms with Crippen LogP contribution in [0.1, 0.15) is 24.2 Å². The predicted octanol–water partition coefficient (Wildman–Crippen LogP) is 2.99. The molecule has 0 aliphatic heterocycles. The zero-order valence-corrected chi connectivity index (χ0v) is 17.8. The van der Waals surface area contributed by atoms with Gasteiger partial charge in [-0.1, -0.05) is 25.4 Å². The number of carbonyl (C=O) groups excluding carboxylic acids is 1. The molecule has 3 N–H and O–H groups in total. The van der Waals surface area contributed by atoms with Crippen molar-refractivity contribution in [2.24, 2.45) is 13.0 Å². The molecule has 0 bridgehead atoms. The van der Waals surface area contributed by atoms with E-state index in [-0.39, 0.29) is 5.92 Å². The molecule has 10 heteroatoms. The second-order valence-corrected chi connectivity index (χ2v) is 7.37. The third kappa shape index (κ3) is 4.87. The highest BCUT2D eigenvalue weighted by Crippen LogP contribution is 2.30. The van der Waals surface area contributed by atoms with Crippen molar-refractivity contribution in [2.75, 3.05) is 12.4 Å². The number of amides is 1. The van der Waals surface area contributed by atoms with Gasteiger partial charge in [-0.2, -0.15) is 5.10 Å². The summed E-state index contributed by atoms with van der Waals surface area (Å²) in [6, 6.07) is 6.66. The summed E-state index contributed by atoms with van der Waals surface area (Å²) < 4.78 is 7.06. The van der Waals surface area contributed by atoms with Gasteiger partial charge in [0.25, 0.3) is 5.91 Å². The molecule has 1 amide bonds. The third-order valence-corrected chi connectivity index (χ3v) is 4.60. The number of aryl methyl sites for hydroxylation is 1. The molecular weight excluding hydrogens is 408 g/mol. The summed E-state index contributed by atoms with van der Waals surface area (Å²) in [6.07, 6.45) is 2.35. The first kappa shape index (κ1) is 21.5. The van der Waals surface area contributed by atoms with Crippen LogP contribution in [0.5, 0.6) is 5.75 Å². The second kappa shape index (κ2) is 9.10. The molecule has 2 aromatic heterocycles. The lowest BCUT2D eigenvalue weighted by Gasteiger charge is -2.17. The fourth-order valence-corrected chi connectivity index (χ4v) is 2.78. The molecule has 1 unspecified atom stereocenters. The number of aliphatic hydroxyl groups is 1. The summed E-state index contributed by atoms with van der Waals surface area (Å²) in [5.41, 5.74) is 2.03. The van der Waals surface area contributed by atoms with Crippen molar-refractivity contribution in [3.05, 3.63) is 47.2 Å². The topological polar surface area (TPSA) is 114 Å². The number of nitrogens with zero attached hydrogens (tertiary/aromatic N) is 4. The van der Waals surface area contributed by atoms with Gasteiger partial charge in [-0.25, -0.2) is 9.97 Å². The number of ether oxygens (including phenoxy) is 1. The molecule has 3 rings (SSSR count). The molecular formula is C20H23ClN6O3. The van der Waals surface area contributed by atoms with E-state index in [9.17, 15) is 9.90 Å². The molecule has 3 aromatic rings. The van der Waals surface area contributed by atoms with Gasteiger partial charge in [0.15, 0.2) is 0 Å². The van der Waals surface area contributed by atoms with E-state index in [0.717, 1.165) is 0 Å². The van der Waals surface area contributed by atoms with Crippen molar-refractivity contribution >= 4 is 29.1 Å². The van der Waals surface area contributed by atoms with Crippen LogP contribution < -0.4 is 15.4 Å². The number of rotatable bonds is 7. The van der Waals surface area contributed by atoms with Gasteiger partial charge in [0.05, 0.1) is 24.0 Å². The third-order valence-electron chi connectivity index (χ3n) is 4.32. The summed E-state index contributed by atoms with van der Waals surface area (Å²) in [6.45, 7) is 3.62. The van der Waals surface area contributed by atoms with E-state index >= 15 is 0 Å². The second-order valence-electron chi connectivity index (χ2n) is 6.97. The fourth-order valence-electron chi connectivity index (χ4n) is 2.59. The van der Waals surface area contributed by atoms with Gasteiger partial charge in [0.1, 0.15) is 23.4 Å². The zero-order chi connectivity index (χ0) is 21.8. The summed E-state index contributed by atoms with van der Waals surface area (Å²) in [7, 11) is 3.30. The Kier molecular flexibility index (Phi) is 6.53. The molecule has 158 valence electrons. The highest BCUT2D eigenvalue weighted by Gasteiger charge is 2.17. The van der Waals surface area contributed by atoms with Crippen LogP contribution >= 0.6 is 11.6 Å². The van der Waals surface area contributed by atoms with Crippen LogP contribution in [0.2, 0.25) is 5.02 Å². The average molecular weight is 431 g/mol. The van der Waals surface area contributed by atoms with Gasteiger partial charge in [-0.3, -0.25) is 9.48 Å². The minimum absolute atomic E-state index is 0.105. The molecule has 30 heavy (non-hydrogen) atoms. The Hall–Kier alpha value is -3.17. The van der Waals surface area contributed by atoms with Gasteiger partial charge >= 0.3 is 0 Å². The smallest absolute Gasteiger partial charge is 0.253 e. The van der Waals surface area contributed by atoms with Gasteiger partial charge in [-0.05, 0) is 30.2 Å². The number of aliphatic hydroxyl groups excluding tert-OH is 1. The van der Waals surface area contributed by atoms with Crippen LogP contribution in [-0.2, 0) is 7.05 Å².